The van der Waals surface area contributed by atoms with Gasteiger partial charge in [0.1, 0.15) is 12.3 Å². The lowest BCUT2D eigenvalue weighted by Crippen LogP contribution is -2.29. The molecule has 1 rings (SSSR count). The Morgan fingerprint density at radius 1 is 1.39 bits per heavy atom. The number of thioether (sulfide) groups is 1. The summed E-state index contributed by atoms with van der Waals surface area (Å²) in [7, 11) is 1.60. The molecule has 18 heavy (non-hydrogen) atoms. The Morgan fingerprint density at radius 3 is 2.78 bits per heavy atom. The average molecular weight is 269 g/mol. The number of para-hydroxylation sites is 1. The van der Waals surface area contributed by atoms with Crippen LogP contribution in [-0.4, -0.2) is 36.4 Å². The number of carboxylic acids is 1. The summed E-state index contributed by atoms with van der Waals surface area (Å²) in [6.07, 6.45) is 0.274. The van der Waals surface area contributed by atoms with Gasteiger partial charge in [0.05, 0.1) is 7.11 Å². The van der Waals surface area contributed by atoms with E-state index in [0.29, 0.717) is 5.75 Å². The number of hydrogen-bond donors (Lipinski definition) is 2. The lowest BCUT2D eigenvalue weighted by Gasteiger charge is -2.07. The van der Waals surface area contributed by atoms with Gasteiger partial charge in [-0.1, -0.05) is 12.1 Å². The van der Waals surface area contributed by atoms with Gasteiger partial charge in [0.15, 0.2) is 0 Å². The van der Waals surface area contributed by atoms with E-state index in [1.807, 2.05) is 24.3 Å². The molecule has 1 aromatic rings. The van der Waals surface area contributed by atoms with Gasteiger partial charge in [-0.3, -0.25) is 9.59 Å². The summed E-state index contributed by atoms with van der Waals surface area (Å²) in [6, 6.07) is 7.54. The maximum Gasteiger partial charge on any atom is 0.322 e. The number of carboxylic acid groups (broad SMARTS) is 1. The molecule has 98 valence electrons. The number of ether oxygens (including phenoxy) is 1. The summed E-state index contributed by atoms with van der Waals surface area (Å²) in [5, 5.41) is 10.7. The normalized spacial score (nSPS) is 9.83. The van der Waals surface area contributed by atoms with Crippen molar-refractivity contribution >= 4 is 23.6 Å². The van der Waals surface area contributed by atoms with Crippen LogP contribution in [0.4, 0.5) is 0 Å². The van der Waals surface area contributed by atoms with Gasteiger partial charge in [-0.2, -0.15) is 0 Å². The zero-order valence-corrected chi connectivity index (χ0v) is 10.8. The predicted molar refractivity (Wildman–Crippen MR) is 69.0 cm³/mol. The SMILES string of the molecule is COc1ccccc1SCCC(=O)NCC(=O)O. The van der Waals surface area contributed by atoms with E-state index in [2.05, 4.69) is 5.32 Å². The van der Waals surface area contributed by atoms with Crippen molar-refractivity contribution in [3.05, 3.63) is 24.3 Å². The summed E-state index contributed by atoms with van der Waals surface area (Å²) >= 11 is 1.50. The van der Waals surface area contributed by atoms with E-state index in [9.17, 15) is 9.59 Å². The molecule has 0 atom stereocenters. The third kappa shape index (κ3) is 5.09. The van der Waals surface area contributed by atoms with Crippen molar-refractivity contribution in [1.82, 2.24) is 5.32 Å². The molecule has 0 aliphatic rings. The molecule has 0 aromatic heterocycles. The minimum atomic E-state index is -1.04. The van der Waals surface area contributed by atoms with Gasteiger partial charge in [-0.05, 0) is 12.1 Å². The maximum absolute atomic E-state index is 11.3. The van der Waals surface area contributed by atoms with Crippen molar-refractivity contribution < 1.29 is 19.4 Å². The first-order chi connectivity index (χ1) is 8.63. The van der Waals surface area contributed by atoms with Crippen LogP contribution < -0.4 is 10.1 Å². The monoisotopic (exact) mass is 269 g/mol. The molecule has 0 bridgehead atoms. The van der Waals surface area contributed by atoms with E-state index >= 15 is 0 Å². The fraction of sp³-hybridized carbons (Fsp3) is 0.333. The molecule has 0 aliphatic heterocycles. The summed E-state index contributed by atoms with van der Waals surface area (Å²) in [5.74, 6) is 0.0419. The number of amides is 1. The molecule has 1 amide bonds. The zero-order valence-electron chi connectivity index (χ0n) is 10.0. The van der Waals surface area contributed by atoms with Crippen molar-refractivity contribution in [1.29, 1.82) is 0 Å². The molecule has 0 aliphatic carbocycles. The third-order valence-corrected chi connectivity index (χ3v) is 3.15. The Morgan fingerprint density at radius 2 is 2.11 bits per heavy atom. The largest absolute Gasteiger partial charge is 0.496 e. The van der Waals surface area contributed by atoms with Gasteiger partial charge in [0.25, 0.3) is 0 Å². The first-order valence-electron chi connectivity index (χ1n) is 5.38. The zero-order chi connectivity index (χ0) is 13.4. The van der Waals surface area contributed by atoms with Crippen LogP contribution in [0.3, 0.4) is 0 Å². The van der Waals surface area contributed by atoms with Crippen LogP contribution in [0.1, 0.15) is 6.42 Å². The summed E-state index contributed by atoms with van der Waals surface area (Å²) < 4.78 is 5.18. The fourth-order valence-electron chi connectivity index (χ4n) is 1.25. The second-order valence-corrected chi connectivity index (χ2v) is 4.56. The van der Waals surface area contributed by atoms with Gasteiger partial charge in [0.2, 0.25) is 5.91 Å². The molecule has 6 heteroatoms. The number of nitrogens with one attached hydrogen (secondary N) is 1. The minimum absolute atomic E-state index is 0.264. The fourth-order valence-corrected chi connectivity index (χ4v) is 2.23. The Balaban J connectivity index is 2.33. The Hall–Kier alpha value is -1.69. The molecule has 0 fully saturated rings. The first-order valence-corrected chi connectivity index (χ1v) is 6.36. The highest BCUT2D eigenvalue weighted by Gasteiger charge is 2.06. The molecule has 2 N–H and O–H groups in total. The molecule has 1 aromatic carbocycles. The molecule has 0 spiro atoms. The van der Waals surface area contributed by atoms with E-state index < -0.39 is 5.97 Å². The van der Waals surface area contributed by atoms with Crippen LogP contribution in [0.15, 0.2) is 29.2 Å². The van der Waals surface area contributed by atoms with Crippen LogP contribution in [-0.2, 0) is 9.59 Å². The molecular formula is C12H15NO4S. The van der Waals surface area contributed by atoms with E-state index in [1.54, 1.807) is 7.11 Å². The number of carbonyl (C=O) groups excluding carboxylic acids is 1. The van der Waals surface area contributed by atoms with Gasteiger partial charge in [-0.15, -0.1) is 11.8 Å². The second-order valence-electron chi connectivity index (χ2n) is 3.42. The standard InChI is InChI=1S/C12H15NO4S/c1-17-9-4-2-3-5-10(9)18-7-6-11(14)13-8-12(15)16/h2-5H,6-8H2,1H3,(H,13,14)(H,15,16). The maximum atomic E-state index is 11.3. The molecule has 0 unspecified atom stereocenters. The highest BCUT2D eigenvalue weighted by atomic mass is 32.2. The first kappa shape index (κ1) is 14.4. The second kappa shape index (κ2) is 7.60. The van der Waals surface area contributed by atoms with E-state index in [0.717, 1.165) is 10.6 Å². The van der Waals surface area contributed by atoms with Crippen LogP contribution in [0, 0.1) is 0 Å². The van der Waals surface area contributed by atoms with E-state index in [1.165, 1.54) is 11.8 Å². The Kier molecular flexibility index (Phi) is 6.07. The predicted octanol–water partition coefficient (Wildman–Crippen LogP) is 1.38. The number of rotatable bonds is 7. The lowest BCUT2D eigenvalue weighted by molar-refractivity contribution is -0.137. The molecule has 0 saturated heterocycles. The van der Waals surface area contributed by atoms with Crippen molar-refractivity contribution in [3.8, 4) is 5.75 Å². The summed E-state index contributed by atoms with van der Waals surface area (Å²) in [4.78, 5) is 22.5. The third-order valence-electron chi connectivity index (χ3n) is 2.09. The minimum Gasteiger partial charge on any atom is -0.496 e. The van der Waals surface area contributed by atoms with E-state index in [4.69, 9.17) is 9.84 Å². The van der Waals surface area contributed by atoms with Crippen molar-refractivity contribution in [3.63, 3.8) is 0 Å². The molecular weight excluding hydrogens is 254 g/mol. The van der Waals surface area contributed by atoms with Crippen molar-refractivity contribution in [2.45, 2.75) is 11.3 Å². The molecule has 5 nitrogen and oxygen atoms in total. The van der Waals surface area contributed by atoms with Gasteiger partial charge in [-0.25, -0.2) is 0 Å². The topological polar surface area (TPSA) is 75.6 Å². The molecule has 0 heterocycles. The molecule has 0 radical (unpaired) electrons. The summed E-state index contributed by atoms with van der Waals surface area (Å²) in [5.41, 5.74) is 0. The van der Waals surface area contributed by atoms with Crippen LogP contribution in [0.5, 0.6) is 5.75 Å². The number of benzene rings is 1. The van der Waals surface area contributed by atoms with Crippen molar-refractivity contribution in [2.24, 2.45) is 0 Å². The van der Waals surface area contributed by atoms with Gasteiger partial charge >= 0.3 is 5.97 Å². The number of aliphatic carboxylic acids is 1. The number of hydrogen-bond acceptors (Lipinski definition) is 4. The number of carbonyl (C=O) groups is 2. The van der Waals surface area contributed by atoms with Crippen LogP contribution in [0.2, 0.25) is 0 Å². The lowest BCUT2D eigenvalue weighted by atomic mass is 10.3. The quantitative estimate of drug-likeness (QED) is 0.731. The van der Waals surface area contributed by atoms with Crippen LogP contribution >= 0.6 is 11.8 Å². The van der Waals surface area contributed by atoms with Crippen molar-refractivity contribution in [2.75, 3.05) is 19.4 Å². The number of methoxy groups -OCH3 is 1. The van der Waals surface area contributed by atoms with Gasteiger partial charge in [0, 0.05) is 17.1 Å². The Bertz CT molecular complexity index is 422. The summed E-state index contributed by atoms with van der Waals surface area (Å²) in [6.45, 7) is -0.335. The average Bonchev–Trinajstić information content (AvgIpc) is 2.37. The Labute approximate surface area is 110 Å². The van der Waals surface area contributed by atoms with Crippen LogP contribution in [0.25, 0.3) is 0 Å². The highest BCUT2D eigenvalue weighted by Crippen LogP contribution is 2.28. The molecule has 0 saturated carbocycles. The smallest absolute Gasteiger partial charge is 0.322 e. The van der Waals surface area contributed by atoms with E-state index in [-0.39, 0.29) is 18.9 Å². The highest BCUT2D eigenvalue weighted by molar-refractivity contribution is 7.99. The van der Waals surface area contributed by atoms with Gasteiger partial charge < -0.3 is 15.2 Å².